The molecule has 0 aromatic heterocycles. The lowest BCUT2D eigenvalue weighted by Crippen LogP contribution is -2.44. The molecule has 59 heavy (non-hydrogen) atoms. The second kappa shape index (κ2) is 31.8. The fourth-order valence-electron chi connectivity index (χ4n) is 5.93. The number of carboxylic acids is 3. The highest BCUT2D eigenvalue weighted by atomic mass is 16.5. The summed E-state index contributed by atoms with van der Waals surface area (Å²) < 4.78 is 5.64. The summed E-state index contributed by atoms with van der Waals surface area (Å²) >= 11 is 0. The van der Waals surface area contributed by atoms with Crippen molar-refractivity contribution in [3.63, 3.8) is 0 Å². The maximum atomic E-state index is 12.5. The second-order valence-corrected chi connectivity index (χ2v) is 14.6. The Hall–Kier alpha value is -5.10. The number of carbonyl (C=O) groups excluding carboxylic acids is 5. The van der Waals surface area contributed by atoms with Crippen LogP contribution < -0.4 is 37.5 Å². The Morgan fingerprint density at radius 2 is 1.07 bits per heavy atom. The molecule has 0 bridgehead atoms. The summed E-state index contributed by atoms with van der Waals surface area (Å²) in [4.78, 5) is 94.1. The molecule has 0 spiro atoms. The van der Waals surface area contributed by atoms with Crippen molar-refractivity contribution in [1.29, 1.82) is 0 Å². The van der Waals surface area contributed by atoms with Crippen molar-refractivity contribution in [1.82, 2.24) is 21.3 Å². The molecule has 0 fully saturated rings. The van der Waals surface area contributed by atoms with Gasteiger partial charge in [0, 0.05) is 32.4 Å². The predicted octanol–water partition coefficient (Wildman–Crippen LogP) is 2.70. The van der Waals surface area contributed by atoms with Crippen LogP contribution in [0, 0.1) is 0 Å². The molecule has 4 atom stereocenters. The fraction of sp³-hybridized carbons (Fsp3) is 0.659. The van der Waals surface area contributed by atoms with Crippen LogP contribution in [-0.2, 0) is 33.6 Å². The zero-order valence-corrected chi connectivity index (χ0v) is 34.1. The van der Waals surface area contributed by atoms with E-state index in [9.17, 15) is 48.6 Å². The van der Waals surface area contributed by atoms with Crippen LogP contribution >= 0.6 is 0 Å². The van der Waals surface area contributed by atoms with E-state index in [2.05, 4.69) is 21.3 Å². The molecule has 1 rings (SSSR count). The fourth-order valence-corrected chi connectivity index (χ4v) is 5.93. The van der Waals surface area contributed by atoms with Crippen molar-refractivity contribution in [3.05, 3.63) is 29.8 Å². The van der Waals surface area contributed by atoms with Crippen molar-refractivity contribution in [2.45, 2.75) is 153 Å². The predicted molar refractivity (Wildman–Crippen MR) is 218 cm³/mol. The highest BCUT2D eigenvalue weighted by Gasteiger charge is 2.24. The van der Waals surface area contributed by atoms with Crippen LogP contribution in [-0.4, -0.2) is 107 Å². The van der Waals surface area contributed by atoms with E-state index in [1.165, 1.54) is 12.1 Å². The Bertz CT molecular complexity index is 1440. The van der Waals surface area contributed by atoms with Crippen LogP contribution in [0.4, 0.5) is 0 Å². The van der Waals surface area contributed by atoms with E-state index < -0.39 is 59.8 Å². The Kier molecular flexibility index (Phi) is 28.0. The van der Waals surface area contributed by atoms with Gasteiger partial charge in [-0.15, -0.1) is 0 Å². The molecule has 0 unspecified atom stereocenters. The molecule has 1 radical (unpaired) electrons. The van der Waals surface area contributed by atoms with Crippen LogP contribution in [0.3, 0.4) is 0 Å². The Balaban J connectivity index is 2.16. The van der Waals surface area contributed by atoms with Gasteiger partial charge in [-0.25, -0.2) is 14.4 Å². The maximum absolute atomic E-state index is 12.5. The van der Waals surface area contributed by atoms with Gasteiger partial charge >= 0.3 is 17.9 Å². The van der Waals surface area contributed by atoms with E-state index in [0.717, 1.165) is 51.4 Å². The van der Waals surface area contributed by atoms with E-state index in [0.29, 0.717) is 63.8 Å². The molecule has 4 amide bonds. The van der Waals surface area contributed by atoms with E-state index in [4.69, 9.17) is 21.3 Å². The lowest BCUT2D eigenvalue weighted by atomic mass is 10.1. The largest absolute Gasteiger partial charge is 0.494 e. The topological polar surface area (TPSA) is 307 Å². The third-order valence-corrected chi connectivity index (χ3v) is 9.50. The van der Waals surface area contributed by atoms with Crippen molar-refractivity contribution in [2.75, 3.05) is 19.7 Å². The summed E-state index contributed by atoms with van der Waals surface area (Å²) in [5.74, 6) is -4.89. The molecule has 0 aliphatic rings. The molecule has 0 heterocycles. The molecule has 0 saturated heterocycles. The molecule has 0 aliphatic carbocycles. The van der Waals surface area contributed by atoms with Gasteiger partial charge in [0.1, 0.15) is 17.8 Å². The van der Waals surface area contributed by atoms with Crippen molar-refractivity contribution >= 4 is 47.8 Å². The van der Waals surface area contributed by atoms with Gasteiger partial charge in [0.25, 0.3) is 0 Å². The van der Waals surface area contributed by atoms with Crippen LogP contribution in [0.5, 0.6) is 5.75 Å². The van der Waals surface area contributed by atoms with Crippen LogP contribution in [0.25, 0.3) is 0 Å². The van der Waals surface area contributed by atoms with Gasteiger partial charge < -0.3 is 52.8 Å². The second-order valence-electron chi connectivity index (χ2n) is 14.6. The number of nitrogens with one attached hydrogen (secondary N) is 4. The molecule has 11 N–H and O–H groups in total. The Morgan fingerprint density at radius 1 is 0.576 bits per heavy atom. The van der Waals surface area contributed by atoms with Crippen molar-refractivity contribution < 1.29 is 58.4 Å². The number of unbranched alkanes of at least 4 members (excludes halogenated alkanes) is 10. The first-order valence-corrected chi connectivity index (χ1v) is 20.7. The van der Waals surface area contributed by atoms with E-state index in [1.54, 1.807) is 18.4 Å². The Labute approximate surface area is 346 Å². The summed E-state index contributed by atoms with van der Waals surface area (Å²) in [5, 5.41) is 38.2. The van der Waals surface area contributed by atoms with Crippen LogP contribution in [0.15, 0.2) is 24.3 Å². The molecule has 0 saturated carbocycles. The first-order valence-electron chi connectivity index (χ1n) is 20.7. The molecule has 1 aromatic carbocycles. The zero-order valence-electron chi connectivity index (χ0n) is 34.1. The average Bonchev–Trinajstić information content (AvgIpc) is 3.20. The minimum absolute atomic E-state index is 0.143. The highest BCUT2D eigenvalue weighted by Crippen LogP contribution is 2.15. The number of ether oxygens (including phenoxy) is 1. The van der Waals surface area contributed by atoms with Gasteiger partial charge in [0.2, 0.25) is 29.9 Å². The van der Waals surface area contributed by atoms with Crippen LogP contribution in [0.1, 0.15) is 139 Å². The molecule has 331 valence electrons. The van der Waals surface area contributed by atoms with Crippen molar-refractivity contribution in [3.8, 4) is 5.75 Å². The monoisotopic (exact) mass is 833 g/mol. The average molecular weight is 834 g/mol. The SMILES string of the molecule is N[C@H]([C]=O)CCCCNC(=O)[C@@H](N)CCCCNC(=O)CC[C@H](NC(=O)CC[C@H](NC(=O)CCCCCCCCCCCOc1ccc(C(=O)O)cc1)C(=O)O)C(=O)O. The first-order chi connectivity index (χ1) is 28.2. The molecule has 1 aromatic rings. The van der Waals surface area contributed by atoms with E-state index in [1.807, 2.05) is 0 Å². The zero-order chi connectivity index (χ0) is 43.8. The molecular weight excluding hydrogens is 768 g/mol. The third-order valence-electron chi connectivity index (χ3n) is 9.50. The van der Waals surface area contributed by atoms with Gasteiger partial charge in [-0.1, -0.05) is 44.9 Å². The summed E-state index contributed by atoms with van der Waals surface area (Å²) in [6.45, 7) is 1.26. The number of hydrogen-bond acceptors (Lipinski definition) is 11. The number of carbonyl (C=O) groups is 7. The molecular formula is C41H65N6O12. The number of nitrogens with two attached hydrogens (primary N) is 2. The molecule has 18 heteroatoms. The quantitative estimate of drug-likeness (QED) is 0.0440. The number of aromatic carboxylic acids is 1. The van der Waals surface area contributed by atoms with E-state index >= 15 is 0 Å². The van der Waals surface area contributed by atoms with Gasteiger partial charge in [0.05, 0.1) is 24.3 Å². The van der Waals surface area contributed by atoms with Crippen molar-refractivity contribution in [2.24, 2.45) is 11.5 Å². The summed E-state index contributed by atoms with van der Waals surface area (Å²) in [6, 6.07) is 2.28. The third kappa shape index (κ3) is 26.5. The normalized spacial score (nSPS) is 12.9. The lowest BCUT2D eigenvalue weighted by molar-refractivity contribution is -0.143. The first kappa shape index (κ1) is 51.9. The number of carboxylic acid groups (broad SMARTS) is 3. The van der Waals surface area contributed by atoms with Gasteiger partial charge in [0.15, 0.2) is 0 Å². The van der Waals surface area contributed by atoms with E-state index in [-0.39, 0.29) is 50.1 Å². The summed E-state index contributed by atoms with van der Waals surface area (Å²) in [6.07, 6.45) is 12.7. The lowest BCUT2D eigenvalue weighted by Gasteiger charge is -2.17. The van der Waals surface area contributed by atoms with Gasteiger partial charge in [-0.05, 0) is 88.5 Å². The smallest absolute Gasteiger partial charge is 0.335 e. The number of amides is 4. The standard InChI is InChI=1S/C41H65N6O12/c42-30(28-48)14-9-11-26-45-38(52)32(43)15-10-12-25-44-35(49)23-21-33(40(55)56)47-37(51)24-22-34(41(57)58)46-36(50)16-8-6-4-2-1-3-5-7-13-27-59-31-19-17-29(18-20-31)39(53)54/h17-20,30,32-34H,1-16,21-27,42-43H2,(H,44,49)(H,45,52)(H,46,50)(H,47,51)(H,53,54)(H,55,56)(H,57,58)/t30-,32-,33-,34-/m0/s1. The summed E-state index contributed by atoms with van der Waals surface area (Å²) in [5.41, 5.74) is 11.6. The Morgan fingerprint density at radius 3 is 1.61 bits per heavy atom. The van der Waals surface area contributed by atoms with Crippen LogP contribution in [0.2, 0.25) is 0 Å². The minimum atomic E-state index is -1.37. The minimum Gasteiger partial charge on any atom is -0.494 e. The maximum Gasteiger partial charge on any atom is 0.335 e. The molecule has 0 aliphatic heterocycles. The van der Waals surface area contributed by atoms with Gasteiger partial charge in [-0.2, -0.15) is 0 Å². The highest BCUT2D eigenvalue weighted by molar-refractivity contribution is 5.88. The van der Waals surface area contributed by atoms with Gasteiger partial charge in [-0.3, -0.25) is 24.0 Å². The number of aliphatic carboxylic acids is 2. The number of benzene rings is 1. The molecule has 18 nitrogen and oxygen atoms in total. The summed E-state index contributed by atoms with van der Waals surface area (Å²) in [7, 11) is 0. The number of hydrogen-bond donors (Lipinski definition) is 9. The number of rotatable bonds is 36.